The average molecular weight is 483 g/mol. The molecule has 27 heavy (non-hydrogen) atoms. The van der Waals surface area contributed by atoms with Crippen molar-refractivity contribution in [3.8, 4) is 0 Å². The molecule has 0 saturated heterocycles. The minimum absolute atomic E-state index is 0. The molecule has 0 spiro atoms. The lowest BCUT2D eigenvalue weighted by atomic mass is 10.00. The Labute approximate surface area is 181 Å². The average Bonchev–Trinajstić information content (AvgIpc) is 2.85. The van der Waals surface area contributed by atoms with Gasteiger partial charge in [-0.3, -0.25) is 9.67 Å². The molecule has 0 aliphatic rings. The van der Waals surface area contributed by atoms with Gasteiger partial charge in [-0.2, -0.15) is 5.10 Å². The van der Waals surface area contributed by atoms with Crippen LogP contribution in [0.25, 0.3) is 0 Å². The Kier molecular flexibility index (Phi) is 9.83. The molecule has 0 bridgehead atoms. The molecule has 0 amide bonds. The number of hydrogen-bond acceptors (Lipinski definition) is 2. The van der Waals surface area contributed by atoms with Gasteiger partial charge < -0.3 is 10.6 Å². The predicted molar refractivity (Wildman–Crippen MR) is 125 cm³/mol. The van der Waals surface area contributed by atoms with Crippen molar-refractivity contribution in [2.24, 2.45) is 12.0 Å². The Balaban J connectivity index is 0.00000364. The van der Waals surface area contributed by atoms with E-state index in [0.717, 1.165) is 37.7 Å². The Bertz CT molecular complexity index is 751. The molecule has 0 aliphatic carbocycles. The van der Waals surface area contributed by atoms with Crippen molar-refractivity contribution < 1.29 is 0 Å². The van der Waals surface area contributed by atoms with Crippen molar-refractivity contribution in [2.75, 3.05) is 19.6 Å². The van der Waals surface area contributed by atoms with E-state index in [0.29, 0.717) is 5.92 Å². The van der Waals surface area contributed by atoms with Crippen molar-refractivity contribution in [3.63, 3.8) is 0 Å². The highest BCUT2D eigenvalue weighted by molar-refractivity contribution is 14.0. The lowest BCUT2D eigenvalue weighted by molar-refractivity contribution is 0.728. The highest BCUT2D eigenvalue weighted by Crippen LogP contribution is 2.16. The van der Waals surface area contributed by atoms with Gasteiger partial charge >= 0.3 is 0 Å². The first kappa shape index (κ1) is 23.5. The number of benzene rings is 1. The van der Waals surface area contributed by atoms with E-state index in [-0.39, 0.29) is 24.0 Å². The highest BCUT2D eigenvalue weighted by atomic mass is 127. The molecular formula is C21H34IN5. The van der Waals surface area contributed by atoms with E-state index in [9.17, 15) is 0 Å². The number of halogens is 1. The lowest BCUT2D eigenvalue weighted by Gasteiger charge is -2.14. The largest absolute Gasteiger partial charge is 0.357 e. The standard InChI is InChI=1S/C21H33N5.HI/c1-7-22-21(23-12-11-20-17(4)25-26(6)18(20)5)24-14-16(3)19-10-8-9-15(2)13-19;/h8-10,13,16H,7,11-12,14H2,1-6H3,(H2,22,23,24);1H. The van der Waals surface area contributed by atoms with E-state index in [4.69, 9.17) is 4.99 Å². The molecule has 1 atom stereocenters. The van der Waals surface area contributed by atoms with Crippen LogP contribution < -0.4 is 10.6 Å². The Morgan fingerprint density at radius 3 is 2.56 bits per heavy atom. The zero-order valence-corrected chi connectivity index (χ0v) is 19.8. The first-order valence-electron chi connectivity index (χ1n) is 9.50. The summed E-state index contributed by atoms with van der Waals surface area (Å²) in [5, 5.41) is 11.3. The molecule has 1 heterocycles. The van der Waals surface area contributed by atoms with E-state index in [1.54, 1.807) is 0 Å². The second kappa shape index (κ2) is 11.3. The summed E-state index contributed by atoms with van der Waals surface area (Å²) in [4.78, 5) is 4.77. The van der Waals surface area contributed by atoms with E-state index < -0.39 is 0 Å². The lowest BCUT2D eigenvalue weighted by Crippen LogP contribution is -2.38. The molecule has 2 rings (SSSR count). The van der Waals surface area contributed by atoms with Gasteiger partial charge in [0.1, 0.15) is 0 Å². The van der Waals surface area contributed by atoms with Gasteiger partial charge in [-0.15, -0.1) is 24.0 Å². The molecule has 0 radical (unpaired) electrons. The van der Waals surface area contributed by atoms with Crippen molar-refractivity contribution in [1.29, 1.82) is 0 Å². The van der Waals surface area contributed by atoms with Gasteiger partial charge in [0.2, 0.25) is 0 Å². The molecule has 0 saturated carbocycles. The SMILES string of the molecule is CCNC(=NCC(C)c1cccc(C)c1)NCCc1c(C)nn(C)c1C.I. The quantitative estimate of drug-likeness (QED) is 0.357. The summed E-state index contributed by atoms with van der Waals surface area (Å²) in [5.41, 5.74) is 6.31. The van der Waals surface area contributed by atoms with Crippen LogP contribution in [-0.4, -0.2) is 35.4 Å². The van der Waals surface area contributed by atoms with E-state index in [1.807, 2.05) is 11.7 Å². The third-order valence-corrected chi connectivity index (χ3v) is 4.80. The van der Waals surface area contributed by atoms with Crippen LogP contribution in [0.1, 0.15) is 47.8 Å². The van der Waals surface area contributed by atoms with Crippen LogP contribution in [0.4, 0.5) is 0 Å². The van der Waals surface area contributed by atoms with Crippen LogP contribution in [0.3, 0.4) is 0 Å². The Hall–Kier alpha value is -1.57. The second-order valence-corrected chi connectivity index (χ2v) is 6.98. The third-order valence-electron chi connectivity index (χ3n) is 4.80. The minimum atomic E-state index is 0. The summed E-state index contributed by atoms with van der Waals surface area (Å²) in [5.74, 6) is 1.28. The van der Waals surface area contributed by atoms with Crippen LogP contribution in [-0.2, 0) is 13.5 Å². The number of aryl methyl sites for hydroxylation is 3. The Morgan fingerprint density at radius 1 is 1.22 bits per heavy atom. The first-order chi connectivity index (χ1) is 12.4. The number of hydrogen-bond donors (Lipinski definition) is 2. The normalized spacial score (nSPS) is 12.4. The van der Waals surface area contributed by atoms with Gasteiger partial charge in [0.25, 0.3) is 0 Å². The number of aromatic nitrogens is 2. The van der Waals surface area contributed by atoms with Gasteiger partial charge in [0.15, 0.2) is 5.96 Å². The fourth-order valence-corrected chi connectivity index (χ4v) is 3.14. The smallest absolute Gasteiger partial charge is 0.191 e. The molecule has 0 aliphatic heterocycles. The van der Waals surface area contributed by atoms with Crippen LogP contribution in [0.2, 0.25) is 0 Å². The monoisotopic (exact) mass is 483 g/mol. The minimum Gasteiger partial charge on any atom is -0.357 e. The van der Waals surface area contributed by atoms with Gasteiger partial charge in [-0.25, -0.2) is 0 Å². The maximum atomic E-state index is 4.77. The zero-order valence-electron chi connectivity index (χ0n) is 17.5. The molecule has 2 N–H and O–H groups in total. The molecule has 150 valence electrons. The van der Waals surface area contributed by atoms with E-state index >= 15 is 0 Å². The van der Waals surface area contributed by atoms with E-state index in [2.05, 4.69) is 74.6 Å². The van der Waals surface area contributed by atoms with Crippen LogP contribution >= 0.6 is 24.0 Å². The predicted octanol–water partition coefficient (Wildman–Crippen LogP) is 3.86. The summed E-state index contributed by atoms with van der Waals surface area (Å²) in [6.45, 7) is 13.1. The number of aliphatic imine (C=N–C) groups is 1. The van der Waals surface area contributed by atoms with Gasteiger partial charge in [-0.1, -0.05) is 36.8 Å². The number of rotatable bonds is 7. The van der Waals surface area contributed by atoms with Crippen molar-refractivity contribution in [1.82, 2.24) is 20.4 Å². The molecule has 1 aromatic carbocycles. The summed E-state index contributed by atoms with van der Waals surface area (Å²) in [7, 11) is 2.00. The van der Waals surface area contributed by atoms with Crippen LogP contribution in [0, 0.1) is 20.8 Å². The maximum absolute atomic E-state index is 4.77. The summed E-state index contributed by atoms with van der Waals surface area (Å²) >= 11 is 0. The summed E-state index contributed by atoms with van der Waals surface area (Å²) in [6.07, 6.45) is 0.948. The number of nitrogens with one attached hydrogen (secondary N) is 2. The summed E-state index contributed by atoms with van der Waals surface area (Å²) in [6, 6.07) is 8.68. The molecular weight excluding hydrogens is 449 g/mol. The molecule has 0 fully saturated rings. The molecule has 1 unspecified atom stereocenters. The van der Waals surface area contributed by atoms with Crippen molar-refractivity contribution in [3.05, 3.63) is 52.3 Å². The van der Waals surface area contributed by atoms with Gasteiger partial charge in [0.05, 0.1) is 5.69 Å². The fourth-order valence-electron chi connectivity index (χ4n) is 3.14. The van der Waals surface area contributed by atoms with Crippen LogP contribution in [0.15, 0.2) is 29.3 Å². The molecule has 6 heteroatoms. The van der Waals surface area contributed by atoms with Gasteiger partial charge in [0, 0.05) is 38.3 Å². The van der Waals surface area contributed by atoms with Gasteiger partial charge in [-0.05, 0) is 45.2 Å². The van der Waals surface area contributed by atoms with Crippen molar-refractivity contribution in [2.45, 2.75) is 47.0 Å². The molecule has 1 aromatic heterocycles. The summed E-state index contributed by atoms with van der Waals surface area (Å²) < 4.78 is 1.95. The zero-order chi connectivity index (χ0) is 19.1. The number of guanidine groups is 1. The third kappa shape index (κ3) is 6.83. The van der Waals surface area contributed by atoms with E-state index in [1.165, 1.54) is 22.4 Å². The topological polar surface area (TPSA) is 54.2 Å². The van der Waals surface area contributed by atoms with Crippen LogP contribution in [0.5, 0.6) is 0 Å². The molecule has 2 aromatic rings. The first-order valence-corrected chi connectivity index (χ1v) is 9.50. The fraction of sp³-hybridized carbons (Fsp3) is 0.524. The highest BCUT2D eigenvalue weighted by Gasteiger charge is 2.10. The second-order valence-electron chi connectivity index (χ2n) is 6.98. The maximum Gasteiger partial charge on any atom is 0.191 e. The molecule has 5 nitrogen and oxygen atoms in total. The number of nitrogens with zero attached hydrogens (tertiary/aromatic N) is 3. The Morgan fingerprint density at radius 2 is 1.96 bits per heavy atom. The van der Waals surface area contributed by atoms with Crippen molar-refractivity contribution >= 4 is 29.9 Å².